The van der Waals surface area contributed by atoms with Crippen molar-refractivity contribution < 1.29 is 4.74 Å². The summed E-state index contributed by atoms with van der Waals surface area (Å²) in [5.41, 5.74) is 1.95. The SMILES string of the molecule is Clc1nccc(C2=COCCC2)n1. The van der Waals surface area contributed by atoms with Gasteiger partial charge in [-0.2, -0.15) is 0 Å². The van der Waals surface area contributed by atoms with Gasteiger partial charge >= 0.3 is 0 Å². The highest BCUT2D eigenvalue weighted by molar-refractivity contribution is 6.28. The van der Waals surface area contributed by atoms with Crippen LogP contribution in [0.4, 0.5) is 0 Å². The summed E-state index contributed by atoms with van der Waals surface area (Å²) < 4.78 is 5.21. The van der Waals surface area contributed by atoms with Crippen LogP contribution in [-0.4, -0.2) is 16.6 Å². The molecular weight excluding hydrogens is 188 g/mol. The third-order valence-electron chi connectivity index (χ3n) is 1.89. The zero-order valence-electron chi connectivity index (χ0n) is 7.03. The Kier molecular flexibility index (Phi) is 2.45. The van der Waals surface area contributed by atoms with Crippen molar-refractivity contribution in [2.45, 2.75) is 12.8 Å². The van der Waals surface area contributed by atoms with Crippen molar-refractivity contribution in [3.63, 3.8) is 0 Å². The van der Waals surface area contributed by atoms with Crippen molar-refractivity contribution in [2.24, 2.45) is 0 Å². The minimum absolute atomic E-state index is 0.281. The van der Waals surface area contributed by atoms with Gasteiger partial charge in [-0.25, -0.2) is 9.97 Å². The van der Waals surface area contributed by atoms with Gasteiger partial charge in [0.2, 0.25) is 5.28 Å². The Labute approximate surface area is 81.4 Å². The fourth-order valence-corrected chi connectivity index (χ4v) is 1.41. The predicted molar refractivity (Wildman–Crippen MR) is 50.2 cm³/mol. The van der Waals surface area contributed by atoms with E-state index in [-0.39, 0.29) is 5.28 Å². The molecule has 0 N–H and O–H groups in total. The number of halogens is 1. The summed E-state index contributed by atoms with van der Waals surface area (Å²) in [5.74, 6) is 0. The summed E-state index contributed by atoms with van der Waals surface area (Å²) in [6, 6.07) is 1.84. The van der Waals surface area contributed by atoms with Gasteiger partial charge in [-0.3, -0.25) is 0 Å². The minimum Gasteiger partial charge on any atom is -0.501 e. The van der Waals surface area contributed by atoms with Gasteiger partial charge in [0.05, 0.1) is 18.6 Å². The van der Waals surface area contributed by atoms with Gasteiger partial charge in [0.1, 0.15) is 0 Å². The lowest BCUT2D eigenvalue weighted by Gasteiger charge is -2.12. The maximum Gasteiger partial charge on any atom is 0.222 e. The van der Waals surface area contributed by atoms with Crippen LogP contribution in [0, 0.1) is 0 Å². The van der Waals surface area contributed by atoms with Crippen LogP contribution >= 0.6 is 11.6 Å². The Morgan fingerprint density at radius 1 is 1.46 bits per heavy atom. The maximum absolute atomic E-state index is 5.67. The van der Waals surface area contributed by atoms with Crippen LogP contribution in [0.3, 0.4) is 0 Å². The molecule has 0 radical (unpaired) electrons. The highest BCUT2D eigenvalue weighted by Gasteiger charge is 2.08. The van der Waals surface area contributed by atoms with Gasteiger partial charge in [0, 0.05) is 11.8 Å². The molecule has 1 aliphatic heterocycles. The normalized spacial score (nSPS) is 16.2. The van der Waals surface area contributed by atoms with Gasteiger partial charge in [0.15, 0.2) is 0 Å². The number of nitrogens with zero attached hydrogens (tertiary/aromatic N) is 2. The summed E-state index contributed by atoms with van der Waals surface area (Å²) in [6.45, 7) is 0.794. The van der Waals surface area contributed by atoms with E-state index in [4.69, 9.17) is 16.3 Å². The van der Waals surface area contributed by atoms with E-state index in [9.17, 15) is 0 Å². The van der Waals surface area contributed by atoms with Crippen LogP contribution in [0.2, 0.25) is 5.28 Å². The molecule has 68 valence electrons. The molecule has 0 bridgehead atoms. The summed E-state index contributed by atoms with van der Waals surface area (Å²) in [4.78, 5) is 7.92. The third-order valence-corrected chi connectivity index (χ3v) is 2.07. The Morgan fingerprint density at radius 3 is 3.08 bits per heavy atom. The highest BCUT2D eigenvalue weighted by atomic mass is 35.5. The molecule has 0 unspecified atom stereocenters. The number of hydrogen-bond acceptors (Lipinski definition) is 3. The van der Waals surface area contributed by atoms with Crippen LogP contribution in [0.1, 0.15) is 18.5 Å². The summed E-state index contributed by atoms with van der Waals surface area (Å²) in [7, 11) is 0. The lowest BCUT2D eigenvalue weighted by atomic mass is 10.1. The molecule has 0 aliphatic carbocycles. The molecule has 0 atom stereocenters. The van der Waals surface area contributed by atoms with Gasteiger partial charge in [-0.15, -0.1) is 0 Å². The Bertz CT molecular complexity index is 338. The van der Waals surface area contributed by atoms with Crippen molar-refractivity contribution in [2.75, 3.05) is 6.61 Å². The predicted octanol–water partition coefficient (Wildman–Crippen LogP) is 2.28. The second-order valence-electron chi connectivity index (χ2n) is 2.83. The number of ether oxygens (including phenoxy) is 1. The molecule has 0 saturated carbocycles. The van der Waals surface area contributed by atoms with E-state index < -0.39 is 0 Å². The second kappa shape index (κ2) is 3.75. The largest absolute Gasteiger partial charge is 0.501 e. The molecule has 0 aromatic carbocycles. The first kappa shape index (κ1) is 8.51. The highest BCUT2D eigenvalue weighted by Crippen LogP contribution is 2.21. The molecule has 4 heteroatoms. The van der Waals surface area contributed by atoms with E-state index in [1.54, 1.807) is 12.5 Å². The average molecular weight is 197 g/mol. The molecule has 0 saturated heterocycles. The quantitative estimate of drug-likeness (QED) is 0.647. The number of aromatic nitrogens is 2. The third kappa shape index (κ3) is 1.98. The number of hydrogen-bond donors (Lipinski definition) is 0. The monoisotopic (exact) mass is 196 g/mol. The zero-order valence-corrected chi connectivity index (χ0v) is 7.79. The fraction of sp³-hybridized carbons (Fsp3) is 0.333. The van der Waals surface area contributed by atoms with E-state index >= 15 is 0 Å². The van der Waals surface area contributed by atoms with Crippen molar-refractivity contribution in [3.05, 3.63) is 29.5 Å². The molecule has 13 heavy (non-hydrogen) atoms. The van der Waals surface area contributed by atoms with E-state index in [2.05, 4.69) is 9.97 Å². The van der Waals surface area contributed by atoms with Crippen molar-refractivity contribution >= 4 is 17.2 Å². The number of rotatable bonds is 1. The summed E-state index contributed by atoms with van der Waals surface area (Å²) in [5, 5.41) is 0.281. The molecule has 0 fully saturated rings. The van der Waals surface area contributed by atoms with Crippen LogP contribution in [-0.2, 0) is 4.74 Å². The Balaban J connectivity index is 2.29. The first-order valence-electron chi connectivity index (χ1n) is 4.16. The molecule has 3 nitrogen and oxygen atoms in total. The Morgan fingerprint density at radius 2 is 2.38 bits per heavy atom. The van der Waals surface area contributed by atoms with Gasteiger partial charge < -0.3 is 4.74 Å². The molecule has 0 spiro atoms. The van der Waals surface area contributed by atoms with Crippen LogP contribution in [0.5, 0.6) is 0 Å². The van der Waals surface area contributed by atoms with Crippen LogP contribution < -0.4 is 0 Å². The lowest BCUT2D eigenvalue weighted by molar-refractivity contribution is 0.235. The first-order chi connectivity index (χ1) is 6.36. The second-order valence-corrected chi connectivity index (χ2v) is 3.17. The molecule has 1 aliphatic rings. The molecule has 0 amide bonds. The van der Waals surface area contributed by atoms with Crippen LogP contribution in [0.25, 0.3) is 5.57 Å². The van der Waals surface area contributed by atoms with Gasteiger partial charge in [-0.05, 0) is 30.5 Å². The number of allylic oxidation sites excluding steroid dienone is 1. The summed E-state index contributed by atoms with van der Waals surface area (Å²) >= 11 is 5.67. The van der Waals surface area contributed by atoms with Gasteiger partial charge in [-0.1, -0.05) is 0 Å². The smallest absolute Gasteiger partial charge is 0.222 e. The topological polar surface area (TPSA) is 35.0 Å². The van der Waals surface area contributed by atoms with Crippen LogP contribution in [0.15, 0.2) is 18.5 Å². The zero-order chi connectivity index (χ0) is 9.10. The molecular formula is C9H9ClN2O. The average Bonchev–Trinajstić information content (AvgIpc) is 2.19. The minimum atomic E-state index is 0.281. The fourth-order valence-electron chi connectivity index (χ4n) is 1.27. The van der Waals surface area contributed by atoms with Crippen molar-refractivity contribution in [1.29, 1.82) is 0 Å². The lowest BCUT2D eigenvalue weighted by Crippen LogP contribution is -2.00. The van der Waals surface area contributed by atoms with E-state index in [1.165, 1.54) is 0 Å². The molecule has 2 rings (SSSR count). The first-order valence-corrected chi connectivity index (χ1v) is 4.53. The van der Waals surface area contributed by atoms with E-state index in [1.807, 2.05) is 6.07 Å². The van der Waals surface area contributed by atoms with Gasteiger partial charge in [0.25, 0.3) is 0 Å². The summed E-state index contributed by atoms with van der Waals surface area (Å²) in [6.07, 6.45) is 5.43. The molecule has 1 aromatic rings. The maximum atomic E-state index is 5.67. The van der Waals surface area contributed by atoms with E-state index in [0.29, 0.717) is 0 Å². The molecule has 2 heterocycles. The Hall–Kier alpha value is -1.09. The molecule has 1 aromatic heterocycles. The standard InChI is InChI=1S/C9H9ClN2O/c10-9-11-4-3-8(12-9)7-2-1-5-13-6-7/h3-4,6H,1-2,5H2. The van der Waals surface area contributed by atoms with E-state index in [0.717, 1.165) is 30.7 Å². The van der Waals surface area contributed by atoms with Crippen molar-refractivity contribution in [1.82, 2.24) is 9.97 Å². The van der Waals surface area contributed by atoms with Crippen molar-refractivity contribution in [3.8, 4) is 0 Å².